The summed E-state index contributed by atoms with van der Waals surface area (Å²) in [7, 11) is 1.65. The van der Waals surface area contributed by atoms with Crippen molar-refractivity contribution in [1.29, 1.82) is 0 Å². The zero-order valence-electron chi connectivity index (χ0n) is 15.1. The van der Waals surface area contributed by atoms with E-state index in [0.29, 0.717) is 29.2 Å². The van der Waals surface area contributed by atoms with Crippen molar-refractivity contribution in [2.24, 2.45) is 0 Å². The average molecular weight is 393 g/mol. The second-order valence-corrected chi connectivity index (χ2v) is 6.59. The Morgan fingerprint density at radius 1 is 1.04 bits per heavy atom. The molecule has 0 unspecified atom stereocenters. The highest BCUT2D eigenvalue weighted by Crippen LogP contribution is 2.33. The van der Waals surface area contributed by atoms with Crippen LogP contribution < -0.4 is 5.73 Å². The highest BCUT2D eigenvalue weighted by molar-refractivity contribution is 6.33. The van der Waals surface area contributed by atoms with Crippen LogP contribution in [0, 0.1) is 0 Å². The summed E-state index contributed by atoms with van der Waals surface area (Å²) in [6, 6.07) is 17.1. The van der Waals surface area contributed by atoms with Gasteiger partial charge in [0.2, 0.25) is 5.82 Å². The van der Waals surface area contributed by atoms with Crippen molar-refractivity contribution in [3.63, 3.8) is 0 Å². The van der Waals surface area contributed by atoms with Crippen molar-refractivity contribution < 1.29 is 9.26 Å². The largest absolute Gasteiger partial charge is 0.384 e. The summed E-state index contributed by atoms with van der Waals surface area (Å²) in [5.41, 5.74) is 10.1. The molecule has 0 aliphatic heterocycles. The van der Waals surface area contributed by atoms with E-state index in [1.807, 2.05) is 42.5 Å². The van der Waals surface area contributed by atoms with Crippen LogP contribution in [0.25, 0.3) is 34.0 Å². The maximum atomic E-state index is 6.37. The summed E-state index contributed by atoms with van der Waals surface area (Å²) < 4.78 is 10.8. The van der Waals surface area contributed by atoms with Crippen molar-refractivity contribution in [3.05, 3.63) is 71.4 Å². The van der Waals surface area contributed by atoms with Crippen molar-refractivity contribution in [2.45, 2.75) is 6.61 Å². The molecule has 0 saturated carbocycles. The number of aromatic nitrogens is 3. The number of halogens is 1. The molecule has 0 saturated heterocycles. The number of nitrogen functional groups attached to an aromatic ring is 1. The van der Waals surface area contributed by atoms with Crippen molar-refractivity contribution in [1.82, 2.24) is 15.1 Å². The van der Waals surface area contributed by atoms with Gasteiger partial charge in [0, 0.05) is 35.0 Å². The number of anilines is 1. The first kappa shape index (κ1) is 18.2. The van der Waals surface area contributed by atoms with E-state index in [2.05, 4.69) is 15.1 Å². The van der Waals surface area contributed by atoms with E-state index in [4.69, 9.17) is 26.6 Å². The summed E-state index contributed by atoms with van der Waals surface area (Å²) in [4.78, 5) is 8.53. The third-order valence-corrected chi connectivity index (χ3v) is 4.62. The first-order valence-corrected chi connectivity index (χ1v) is 8.96. The minimum absolute atomic E-state index is 0.412. The molecule has 0 aliphatic rings. The SMILES string of the molecule is COCc1cc(-c2nc(-c3ccc(N)nc3)no2)ccc1-c1ccccc1Cl. The van der Waals surface area contributed by atoms with E-state index in [1.165, 1.54) is 0 Å². The number of nitrogens with zero attached hydrogens (tertiary/aromatic N) is 3. The molecule has 4 aromatic rings. The molecular formula is C21H17ClN4O2. The van der Waals surface area contributed by atoms with Crippen molar-refractivity contribution in [2.75, 3.05) is 12.8 Å². The zero-order chi connectivity index (χ0) is 19.5. The Kier molecular flexibility index (Phi) is 5.06. The first-order valence-electron chi connectivity index (χ1n) is 8.58. The van der Waals surface area contributed by atoms with Gasteiger partial charge < -0.3 is 15.0 Å². The van der Waals surface area contributed by atoms with Gasteiger partial charge in [-0.25, -0.2) is 4.98 Å². The Balaban J connectivity index is 1.72. The molecule has 0 fully saturated rings. The van der Waals surface area contributed by atoms with Crippen LogP contribution >= 0.6 is 11.6 Å². The quantitative estimate of drug-likeness (QED) is 0.522. The molecular weight excluding hydrogens is 376 g/mol. The van der Waals surface area contributed by atoms with Gasteiger partial charge in [-0.05, 0) is 41.5 Å². The molecule has 0 amide bonds. The summed E-state index contributed by atoms with van der Waals surface area (Å²) in [5.74, 6) is 1.30. The maximum Gasteiger partial charge on any atom is 0.258 e. The zero-order valence-corrected chi connectivity index (χ0v) is 15.8. The standard InChI is InChI=1S/C21H17ClN4O2/c1-27-12-15-10-13(6-8-16(15)17-4-2-3-5-18(17)22)21-25-20(26-28-21)14-7-9-19(23)24-11-14/h2-11H,12H2,1H3,(H2,23,24). The van der Waals surface area contributed by atoms with E-state index in [0.717, 1.165) is 27.8 Å². The number of methoxy groups -OCH3 is 1. The number of hydrogen-bond donors (Lipinski definition) is 1. The topological polar surface area (TPSA) is 87.1 Å². The fourth-order valence-electron chi connectivity index (χ4n) is 2.94. The first-order chi connectivity index (χ1) is 13.7. The normalized spacial score (nSPS) is 10.9. The number of pyridine rings is 1. The van der Waals surface area contributed by atoms with Crippen LogP contribution in [0.15, 0.2) is 65.3 Å². The lowest BCUT2D eigenvalue weighted by atomic mass is 9.97. The molecule has 2 heterocycles. The van der Waals surface area contributed by atoms with Crippen LogP contribution in [-0.2, 0) is 11.3 Å². The molecule has 0 atom stereocenters. The second-order valence-electron chi connectivity index (χ2n) is 6.18. The van der Waals surface area contributed by atoms with Gasteiger partial charge in [0.25, 0.3) is 5.89 Å². The Labute approximate surface area is 166 Å². The van der Waals surface area contributed by atoms with Gasteiger partial charge in [-0.3, -0.25) is 0 Å². The fraction of sp³-hybridized carbons (Fsp3) is 0.0952. The molecule has 140 valence electrons. The number of rotatable bonds is 5. The molecule has 28 heavy (non-hydrogen) atoms. The number of hydrogen-bond acceptors (Lipinski definition) is 6. The van der Waals surface area contributed by atoms with Gasteiger partial charge in [0.15, 0.2) is 0 Å². The summed E-state index contributed by atoms with van der Waals surface area (Å²) in [6.45, 7) is 0.428. The van der Waals surface area contributed by atoms with Gasteiger partial charge >= 0.3 is 0 Å². The Hall–Kier alpha value is -3.22. The lowest BCUT2D eigenvalue weighted by Crippen LogP contribution is -1.94. The van der Waals surface area contributed by atoms with Crippen LogP contribution in [0.5, 0.6) is 0 Å². The smallest absolute Gasteiger partial charge is 0.258 e. The Morgan fingerprint density at radius 3 is 2.61 bits per heavy atom. The van der Waals surface area contributed by atoms with Crippen LogP contribution in [0.3, 0.4) is 0 Å². The predicted octanol–water partition coefficient (Wildman–Crippen LogP) is 4.85. The molecule has 2 aromatic carbocycles. The molecule has 6 nitrogen and oxygen atoms in total. The predicted molar refractivity (Wildman–Crippen MR) is 109 cm³/mol. The van der Waals surface area contributed by atoms with E-state index in [1.54, 1.807) is 25.4 Å². The molecule has 2 aromatic heterocycles. The monoisotopic (exact) mass is 392 g/mol. The summed E-state index contributed by atoms with van der Waals surface area (Å²) in [6.07, 6.45) is 1.61. The lowest BCUT2D eigenvalue weighted by molar-refractivity contribution is 0.185. The van der Waals surface area contributed by atoms with E-state index in [9.17, 15) is 0 Å². The van der Waals surface area contributed by atoms with Gasteiger partial charge in [-0.15, -0.1) is 0 Å². The van der Waals surface area contributed by atoms with Crippen LogP contribution in [-0.4, -0.2) is 22.2 Å². The Morgan fingerprint density at radius 2 is 1.86 bits per heavy atom. The van der Waals surface area contributed by atoms with Crippen LogP contribution in [0.2, 0.25) is 5.02 Å². The van der Waals surface area contributed by atoms with Gasteiger partial charge in [0.05, 0.1) is 6.61 Å². The maximum absolute atomic E-state index is 6.37. The lowest BCUT2D eigenvalue weighted by Gasteiger charge is -2.11. The highest BCUT2D eigenvalue weighted by atomic mass is 35.5. The minimum Gasteiger partial charge on any atom is -0.384 e. The highest BCUT2D eigenvalue weighted by Gasteiger charge is 2.15. The third-order valence-electron chi connectivity index (χ3n) is 4.29. The van der Waals surface area contributed by atoms with Gasteiger partial charge in [-0.1, -0.05) is 41.0 Å². The molecule has 7 heteroatoms. The average Bonchev–Trinajstić information content (AvgIpc) is 3.20. The summed E-state index contributed by atoms with van der Waals surface area (Å²) in [5, 5.41) is 4.73. The van der Waals surface area contributed by atoms with E-state index in [-0.39, 0.29) is 0 Å². The fourth-order valence-corrected chi connectivity index (χ4v) is 3.18. The molecule has 0 spiro atoms. The number of benzene rings is 2. The van der Waals surface area contributed by atoms with Crippen LogP contribution in [0.4, 0.5) is 5.82 Å². The van der Waals surface area contributed by atoms with E-state index >= 15 is 0 Å². The molecule has 0 bridgehead atoms. The molecule has 0 radical (unpaired) electrons. The van der Waals surface area contributed by atoms with E-state index < -0.39 is 0 Å². The molecule has 2 N–H and O–H groups in total. The molecule has 0 aliphatic carbocycles. The van der Waals surface area contributed by atoms with Crippen molar-refractivity contribution >= 4 is 17.4 Å². The van der Waals surface area contributed by atoms with Crippen molar-refractivity contribution in [3.8, 4) is 34.0 Å². The minimum atomic E-state index is 0.412. The Bertz CT molecular complexity index is 1110. The summed E-state index contributed by atoms with van der Waals surface area (Å²) >= 11 is 6.37. The molecule has 4 rings (SSSR count). The second kappa shape index (κ2) is 7.80. The van der Waals surface area contributed by atoms with Gasteiger partial charge in [0.1, 0.15) is 5.82 Å². The van der Waals surface area contributed by atoms with Crippen LogP contribution in [0.1, 0.15) is 5.56 Å². The number of nitrogens with two attached hydrogens (primary N) is 1. The van der Waals surface area contributed by atoms with Gasteiger partial charge in [-0.2, -0.15) is 4.98 Å². The number of ether oxygens (including phenoxy) is 1. The third kappa shape index (κ3) is 3.60.